The molecule has 5 rings (SSSR count). The summed E-state index contributed by atoms with van der Waals surface area (Å²) < 4.78 is 11.4. The molecule has 0 bridgehead atoms. The molecule has 0 aliphatic carbocycles. The molecule has 0 amide bonds. The smallest absolute Gasteiger partial charge is 0.221 e. The van der Waals surface area contributed by atoms with Crippen molar-refractivity contribution in [3.05, 3.63) is 42.9 Å². The number of fused-ring (bicyclic) bond motifs is 2. The fourth-order valence-corrected chi connectivity index (χ4v) is 3.06. The molecule has 0 saturated carbocycles. The highest BCUT2D eigenvalue weighted by Gasteiger charge is 2.19. The second-order valence-electron chi connectivity index (χ2n) is 6.11. The van der Waals surface area contributed by atoms with E-state index in [-0.39, 0.29) is 6.10 Å². The monoisotopic (exact) mass is 348 g/mol. The molecular weight excluding hydrogens is 332 g/mol. The quantitative estimate of drug-likeness (QED) is 0.585. The first kappa shape index (κ1) is 15.0. The van der Waals surface area contributed by atoms with Gasteiger partial charge in [-0.25, -0.2) is 15.0 Å². The van der Waals surface area contributed by atoms with Crippen LogP contribution in [0.25, 0.3) is 21.9 Å². The average Bonchev–Trinajstić information content (AvgIpc) is 3.32. The third kappa shape index (κ3) is 2.70. The molecule has 1 unspecified atom stereocenters. The topological polar surface area (TPSA) is 97.8 Å². The Bertz CT molecular complexity index is 1070. The molecule has 1 aliphatic heterocycles. The second kappa shape index (κ2) is 6.23. The molecule has 1 atom stereocenters. The van der Waals surface area contributed by atoms with Crippen molar-refractivity contribution in [3.8, 4) is 5.88 Å². The molecule has 26 heavy (non-hydrogen) atoms. The molecule has 8 heteroatoms. The van der Waals surface area contributed by atoms with Crippen LogP contribution >= 0.6 is 0 Å². The zero-order chi connectivity index (χ0) is 17.3. The van der Waals surface area contributed by atoms with E-state index in [9.17, 15) is 0 Å². The summed E-state index contributed by atoms with van der Waals surface area (Å²) in [5.74, 6) is 1.28. The van der Waals surface area contributed by atoms with Gasteiger partial charge in [0.1, 0.15) is 6.10 Å². The third-order valence-electron chi connectivity index (χ3n) is 4.35. The van der Waals surface area contributed by atoms with Crippen LogP contribution in [0.5, 0.6) is 5.88 Å². The van der Waals surface area contributed by atoms with E-state index in [0.29, 0.717) is 29.5 Å². The lowest BCUT2D eigenvalue weighted by Gasteiger charge is -2.13. The van der Waals surface area contributed by atoms with Crippen molar-refractivity contribution in [3.63, 3.8) is 0 Å². The van der Waals surface area contributed by atoms with Gasteiger partial charge in [0.05, 0.1) is 13.2 Å². The molecule has 130 valence electrons. The number of anilines is 2. The number of H-pyrrole nitrogens is 1. The fraction of sp³-hybridized carbons (Fsp3) is 0.222. The lowest BCUT2D eigenvalue weighted by Crippen LogP contribution is -2.16. The summed E-state index contributed by atoms with van der Waals surface area (Å²) in [6, 6.07) is 7.96. The van der Waals surface area contributed by atoms with Gasteiger partial charge >= 0.3 is 0 Å². The Morgan fingerprint density at radius 1 is 1.12 bits per heavy atom. The molecule has 3 aromatic heterocycles. The Morgan fingerprint density at radius 2 is 2.08 bits per heavy atom. The van der Waals surface area contributed by atoms with Gasteiger partial charge in [-0.2, -0.15) is 5.10 Å². The summed E-state index contributed by atoms with van der Waals surface area (Å²) in [5.41, 5.74) is 2.25. The predicted molar refractivity (Wildman–Crippen MR) is 96.6 cm³/mol. The van der Waals surface area contributed by atoms with Crippen molar-refractivity contribution in [1.29, 1.82) is 0 Å². The van der Waals surface area contributed by atoms with Crippen molar-refractivity contribution in [2.24, 2.45) is 0 Å². The highest BCUT2D eigenvalue weighted by molar-refractivity contribution is 5.91. The number of hydrogen-bond acceptors (Lipinski definition) is 7. The van der Waals surface area contributed by atoms with E-state index in [1.807, 2.05) is 24.3 Å². The Labute approximate surface area is 148 Å². The lowest BCUT2D eigenvalue weighted by molar-refractivity contribution is 0.139. The summed E-state index contributed by atoms with van der Waals surface area (Å²) in [6.07, 6.45) is 5.99. The molecule has 0 radical (unpaired) electrons. The van der Waals surface area contributed by atoms with Crippen molar-refractivity contribution >= 4 is 33.4 Å². The van der Waals surface area contributed by atoms with E-state index in [1.54, 1.807) is 18.6 Å². The summed E-state index contributed by atoms with van der Waals surface area (Å²) >= 11 is 0. The van der Waals surface area contributed by atoms with E-state index >= 15 is 0 Å². The predicted octanol–water partition coefficient (Wildman–Crippen LogP) is 2.81. The van der Waals surface area contributed by atoms with E-state index in [2.05, 4.69) is 30.5 Å². The van der Waals surface area contributed by atoms with Gasteiger partial charge in [0.2, 0.25) is 5.88 Å². The van der Waals surface area contributed by atoms with Crippen molar-refractivity contribution in [2.75, 3.05) is 18.5 Å². The number of aromatic amines is 1. The van der Waals surface area contributed by atoms with Crippen LogP contribution in [0, 0.1) is 0 Å². The van der Waals surface area contributed by atoms with Crippen LogP contribution in [0.2, 0.25) is 0 Å². The number of aromatic nitrogens is 5. The van der Waals surface area contributed by atoms with E-state index in [4.69, 9.17) is 9.47 Å². The Hall–Kier alpha value is -3.26. The van der Waals surface area contributed by atoms with Crippen LogP contribution in [-0.4, -0.2) is 44.5 Å². The SMILES string of the molecule is c1cc2cc(Nc3n[nH]c4nccnc34)ccc2c(OC2CCOC2)n1. The number of nitrogens with zero attached hydrogens (tertiary/aromatic N) is 4. The summed E-state index contributed by atoms with van der Waals surface area (Å²) in [6.45, 7) is 1.36. The first-order valence-corrected chi connectivity index (χ1v) is 8.42. The minimum absolute atomic E-state index is 0.0693. The molecule has 1 aromatic carbocycles. The number of rotatable bonds is 4. The van der Waals surface area contributed by atoms with Crippen LogP contribution < -0.4 is 10.1 Å². The van der Waals surface area contributed by atoms with E-state index in [1.165, 1.54) is 0 Å². The maximum atomic E-state index is 6.00. The standard InChI is InChI=1S/C18H16N6O2/c1-2-14-11(3-5-21-18(14)26-13-4-8-25-10-13)9-12(1)22-17-15-16(23-24-17)20-7-6-19-15/h1-3,5-7,9,13H,4,8,10H2,(H2,20,22,23,24). The Kier molecular flexibility index (Phi) is 3.60. The molecule has 1 saturated heterocycles. The van der Waals surface area contributed by atoms with Crippen LogP contribution in [0.1, 0.15) is 6.42 Å². The number of nitrogens with one attached hydrogen (secondary N) is 2. The zero-order valence-electron chi connectivity index (χ0n) is 13.8. The first-order chi connectivity index (χ1) is 12.9. The highest BCUT2D eigenvalue weighted by Crippen LogP contribution is 2.29. The minimum Gasteiger partial charge on any atom is -0.471 e. The van der Waals surface area contributed by atoms with Gasteiger partial charge in [0, 0.05) is 36.1 Å². The van der Waals surface area contributed by atoms with Crippen molar-refractivity contribution in [2.45, 2.75) is 12.5 Å². The van der Waals surface area contributed by atoms with Crippen molar-refractivity contribution < 1.29 is 9.47 Å². The molecule has 0 spiro atoms. The largest absolute Gasteiger partial charge is 0.471 e. The average molecular weight is 348 g/mol. The van der Waals surface area contributed by atoms with Gasteiger partial charge in [-0.1, -0.05) is 0 Å². The van der Waals surface area contributed by atoms with Gasteiger partial charge in [0.15, 0.2) is 17.0 Å². The maximum Gasteiger partial charge on any atom is 0.221 e. The molecule has 4 aromatic rings. The first-order valence-electron chi connectivity index (χ1n) is 8.42. The molecule has 1 fully saturated rings. The minimum atomic E-state index is 0.0693. The third-order valence-corrected chi connectivity index (χ3v) is 4.35. The van der Waals surface area contributed by atoms with Gasteiger partial charge in [-0.15, -0.1) is 0 Å². The number of benzene rings is 1. The number of ether oxygens (including phenoxy) is 2. The molecular formula is C18H16N6O2. The summed E-state index contributed by atoms with van der Waals surface area (Å²) in [5, 5.41) is 12.4. The van der Waals surface area contributed by atoms with Crippen LogP contribution in [0.4, 0.5) is 11.5 Å². The molecule has 2 N–H and O–H groups in total. The van der Waals surface area contributed by atoms with Crippen LogP contribution in [0.15, 0.2) is 42.9 Å². The fourth-order valence-electron chi connectivity index (χ4n) is 3.06. The molecule has 1 aliphatic rings. The summed E-state index contributed by atoms with van der Waals surface area (Å²) in [7, 11) is 0. The lowest BCUT2D eigenvalue weighted by atomic mass is 10.1. The maximum absolute atomic E-state index is 6.00. The number of hydrogen-bond donors (Lipinski definition) is 2. The Morgan fingerprint density at radius 3 is 3.00 bits per heavy atom. The zero-order valence-corrected chi connectivity index (χ0v) is 13.8. The van der Waals surface area contributed by atoms with Crippen LogP contribution in [0.3, 0.4) is 0 Å². The van der Waals surface area contributed by atoms with E-state index < -0.39 is 0 Å². The van der Waals surface area contributed by atoms with Gasteiger partial charge in [-0.3, -0.25) is 5.10 Å². The normalized spacial score (nSPS) is 17.0. The highest BCUT2D eigenvalue weighted by atomic mass is 16.5. The van der Waals surface area contributed by atoms with E-state index in [0.717, 1.165) is 29.5 Å². The molecule has 8 nitrogen and oxygen atoms in total. The van der Waals surface area contributed by atoms with Crippen molar-refractivity contribution in [1.82, 2.24) is 25.1 Å². The summed E-state index contributed by atoms with van der Waals surface area (Å²) in [4.78, 5) is 12.9. The second-order valence-corrected chi connectivity index (χ2v) is 6.11. The van der Waals surface area contributed by atoms with Gasteiger partial charge in [-0.05, 0) is 29.7 Å². The Balaban J connectivity index is 1.46. The number of pyridine rings is 1. The van der Waals surface area contributed by atoms with Gasteiger partial charge < -0.3 is 14.8 Å². The van der Waals surface area contributed by atoms with Crippen LogP contribution in [-0.2, 0) is 4.74 Å². The van der Waals surface area contributed by atoms with Gasteiger partial charge in [0.25, 0.3) is 0 Å². The molecule has 4 heterocycles.